The lowest BCUT2D eigenvalue weighted by Crippen LogP contribution is -2.44. The number of amides is 2. The molecule has 0 aliphatic carbocycles. The zero-order valence-electron chi connectivity index (χ0n) is 22.9. The molecule has 0 bridgehead atoms. The van der Waals surface area contributed by atoms with Crippen LogP contribution in [0.25, 0.3) is 0 Å². The fourth-order valence-electron chi connectivity index (χ4n) is 6.50. The summed E-state index contributed by atoms with van der Waals surface area (Å²) in [6.45, 7) is 5.46. The molecule has 40 heavy (non-hydrogen) atoms. The van der Waals surface area contributed by atoms with Crippen LogP contribution >= 0.6 is 22.6 Å². The Balaban J connectivity index is 1.53. The Morgan fingerprint density at radius 3 is 2.38 bits per heavy atom. The summed E-state index contributed by atoms with van der Waals surface area (Å²) in [5.74, 6) is -0.975. The predicted octanol–water partition coefficient (Wildman–Crippen LogP) is 6.16. The second kappa shape index (κ2) is 11.3. The van der Waals surface area contributed by atoms with Gasteiger partial charge in [0.1, 0.15) is 0 Å². The average Bonchev–Trinajstić information content (AvgIpc) is 3.35. The van der Waals surface area contributed by atoms with Crippen LogP contribution in [0.4, 0.5) is 15.5 Å². The number of aliphatic hydroxyl groups is 1. The Kier molecular flexibility index (Phi) is 8.20. The summed E-state index contributed by atoms with van der Waals surface area (Å²) >= 11 is 2.22. The molecule has 0 unspecified atom stereocenters. The molecule has 3 aromatic rings. The molecule has 0 saturated carbocycles. The molecule has 9 heteroatoms. The number of hydrogen-bond donors (Lipinski definition) is 1. The maximum Gasteiger partial charge on any atom is 0.268 e. The molecule has 1 spiro atoms. The van der Waals surface area contributed by atoms with E-state index in [1.165, 1.54) is 0 Å². The Hall–Kier alpha value is -2.60. The van der Waals surface area contributed by atoms with E-state index in [-0.39, 0.29) is 31.4 Å². The van der Waals surface area contributed by atoms with Crippen molar-refractivity contribution in [3.63, 3.8) is 0 Å². The third-order valence-electron chi connectivity index (χ3n) is 8.16. The molecule has 0 radical (unpaired) electrons. The van der Waals surface area contributed by atoms with Crippen LogP contribution in [0.15, 0.2) is 78.9 Å². The normalized spacial score (nSPS) is 24.0. The van der Waals surface area contributed by atoms with Gasteiger partial charge in [-0.2, -0.15) is 0 Å². The van der Waals surface area contributed by atoms with Crippen molar-refractivity contribution in [2.75, 3.05) is 18.1 Å². The minimum absolute atomic E-state index is 0.0676. The van der Waals surface area contributed by atoms with E-state index in [0.717, 1.165) is 20.4 Å². The highest BCUT2D eigenvalue weighted by Crippen LogP contribution is 2.61. The second-order valence-electron chi connectivity index (χ2n) is 11.1. The van der Waals surface area contributed by atoms with E-state index in [1.807, 2.05) is 85.8 Å². The van der Waals surface area contributed by atoms with Gasteiger partial charge in [0.05, 0.1) is 24.8 Å². The maximum atomic E-state index is 16.1. The lowest BCUT2D eigenvalue weighted by Gasteiger charge is -2.31. The van der Waals surface area contributed by atoms with E-state index in [0.29, 0.717) is 12.2 Å². The maximum absolute atomic E-state index is 16.1. The van der Waals surface area contributed by atoms with Crippen molar-refractivity contribution in [3.05, 3.63) is 93.6 Å². The van der Waals surface area contributed by atoms with Crippen molar-refractivity contribution >= 4 is 54.2 Å². The first-order valence-corrected chi connectivity index (χ1v) is 17.6. The molecular weight excluding hydrogens is 638 g/mol. The molecular formula is C31H34FIN2O4Si. The van der Waals surface area contributed by atoms with Gasteiger partial charge in [-0.25, -0.2) is 0 Å². The fraction of sp³-hybridized carbons (Fsp3) is 0.355. The molecule has 1 fully saturated rings. The number of para-hydroxylation sites is 1. The minimum Gasteiger partial charge on any atom is -0.395 e. The van der Waals surface area contributed by atoms with E-state index >= 15 is 4.11 Å². The third-order valence-corrected chi connectivity index (χ3v) is 11.3. The first kappa shape index (κ1) is 28.9. The van der Waals surface area contributed by atoms with Crippen molar-refractivity contribution in [2.24, 2.45) is 5.92 Å². The molecule has 2 amide bonds. The van der Waals surface area contributed by atoms with Crippen molar-refractivity contribution in [1.82, 2.24) is 4.90 Å². The number of fused-ring (bicyclic) bond motifs is 2. The number of carbonyl (C=O) groups excluding carboxylic acids is 2. The quantitative estimate of drug-likeness (QED) is 0.177. The van der Waals surface area contributed by atoms with Crippen molar-refractivity contribution in [3.8, 4) is 0 Å². The number of halogens is 2. The summed E-state index contributed by atoms with van der Waals surface area (Å²) in [7, 11) is -3.42. The molecule has 6 nitrogen and oxygen atoms in total. The van der Waals surface area contributed by atoms with Crippen LogP contribution in [0, 0.1) is 9.49 Å². The molecule has 210 valence electrons. The highest BCUT2D eigenvalue weighted by Gasteiger charge is 2.67. The Morgan fingerprint density at radius 2 is 1.75 bits per heavy atom. The number of anilines is 2. The molecule has 2 aliphatic heterocycles. The van der Waals surface area contributed by atoms with Gasteiger partial charge in [0, 0.05) is 39.4 Å². The van der Waals surface area contributed by atoms with E-state index in [4.69, 9.17) is 4.74 Å². The summed E-state index contributed by atoms with van der Waals surface area (Å²) in [4.78, 5) is 31.4. The van der Waals surface area contributed by atoms with Crippen molar-refractivity contribution in [2.45, 2.75) is 50.2 Å². The first-order chi connectivity index (χ1) is 19.1. The molecule has 4 atom stereocenters. The largest absolute Gasteiger partial charge is 0.395 e. The van der Waals surface area contributed by atoms with Crippen LogP contribution in [0.3, 0.4) is 0 Å². The van der Waals surface area contributed by atoms with Gasteiger partial charge < -0.3 is 18.9 Å². The molecule has 2 aliphatic rings. The van der Waals surface area contributed by atoms with Gasteiger partial charge >= 0.3 is 0 Å². The summed E-state index contributed by atoms with van der Waals surface area (Å²) in [6.07, 6.45) is -0.849. The molecule has 3 aromatic carbocycles. The van der Waals surface area contributed by atoms with Gasteiger partial charge in [0.2, 0.25) is 14.3 Å². The number of aliphatic hydroxyl groups excluding tert-OH is 1. The van der Waals surface area contributed by atoms with Gasteiger partial charge in [-0.15, -0.1) is 0 Å². The van der Waals surface area contributed by atoms with Crippen LogP contribution in [0.2, 0.25) is 18.6 Å². The van der Waals surface area contributed by atoms with Gasteiger partial charge in [-0.1, -0.05) is 55.5 Å². The summed E-state index contributed by atoms with van der Waals surface area (Å²) in [5, 5.41) is 9.69. The summed E-state index contributed by atoms with van der Waals surface area (Å²) in [5.41, 5.74) is 1.10. The minimum atomic E-state index is -3.42. The lowest BCUT2D eigenvalue weighted by molar-refractivity contribution is -0.149. The van der Waals surface area contributed by atoms with Crippen LogP contribution in [0.5, 0.6) is 0 Å². The van der Waals surface area contributed by atoms with Crippen LogP contribution in [-0.4, -0.2) is 49.5 Å². The SMILES string of the molecule is C[C@@H]1[C@@H]([Si](C)(C)F)[C@H](CC(=O)N(CCO)Cc2ccccc2)O[C@@]12C(=O)N(c1ccccc1)c1ccc(I)cc12. The fourth-order valence-corrected chi connectivity index (χ4v) is 9.48. The highest BCUT2D eigenvalue weighted by molar-refractivity contribution is 14.1. The third kappa shape index (κ3) is 5.13. The number of ether oxygens (including phenoxy) is 1. The Morgan fingerprint density at radius 1 is 1.10 bits per heavy atom. The number of rotatable bonds is 8. The molecule has 5 rings (SSSR count). The Bertz CT molecular complexity index is 1390. The monoisotopic (exact) mass is 672 g/mol. The molecule has 1 N–H and O–H groups in total. The van der Waals surface area contributed by atoms with Gasteiger partial charge in [0.15, 0.2) is 5.60 Å². The van der Waals surface area contributed by atoms with E-state index < -0.39 is 31.6 Å². The predicted molar refractivity (Wildman–Crippen MR) is 164 cm³/mol. The van der Waals surface area contributed by atoms with Gasteiger partial charge in [-0.3, -0.25) is 14.5 Å². The van der Waals surface area contributed by atoms with Gasteiger partial charge in [-0.05, 0) is 71.6 Å². The topological polar surface area (TPSA) is 70.1 Å². The van der Waals surface area contributed by atoms with Crippen LogP contribution in [-0.2, 0) is 26.5 Å². The second-order valence-corrected chi connectivity index (χ2v) is 16.2. The smallest absolute Gasteiger partial charge is 0.268 e. The number of benzene rings is 3. The van der Waals surface area contributed by atoms with E-state index in [9.17, 15) is 14.7 Å². The van der Waals surface area contributed by atoms with Crippen molar-refractivity contribution < 1.29 is 23.5 Å². The summed E-state index contributed by atoms with van der Waals surface area (Å²) < 4.78 is 23.8. The van der Waals surface area contributed by atoms with E-state index in [2.05, 4.69) is 22.6 Å². The number of nitrogens with zero attached hydrogens (tertiary/aromatic N) is 2. The van der Waals surface area contributed by atoms with E-state index in [1.54, 1.807) is 22.9 Å². The lowest BCUT2D eigenvalue weighted by atomic mass is 9.82. The zero-order chi connectivity index (χ0) is 28.7. The average molecular weight is 673 g/mol. The number of carbonyl (C=O) groups is 2. The molecule has 1 saturated heterocycles. The van der Waals surface area contributed by atoms with Gasteiger partial charge in [0.25, 0.3) is 5.91 Å². The Labute approximate surface area is 249 Å². The zero-order valence-corrected chi connectivity index (χ0v) is 26.0. The number of hydrogen-bond acceptors (Lipinski definition) is 4. The molecule has 0 aromatic heterocycles. The summed E-state index contributed by atoms with van der Waals surface area (Å²) in [6, 6.07) is 24.8. The first-order valence-electron chi connectivity index (χ1n) is 13.6. The van der Waals surface area contributed by atoms with Crippen LogP contribution in [0.1, 0.15) is 24.5 Å². The van der Waals surface area contributed by atoms with Crippen molar-refractivity contribution in [1.29, 1.82) is 0 Å². The van der Waals surface area contributed by atoms with Crippen LogP contribution < -0.4 is 4.90 Å². The molecule has 2 heterocycles. The standard InChI is InChI=1S/C31H34FIN2O4Si/c1-21-29(40(2,3)32)27(19-28(37)34(16-17-36)20-22-10-6-4-7-11-22)39-31(21)25-18-23(33)14-15-26(25)35(30(31)38)24-12-8-5-9-13-24/h4-15,18,21,27,29,36H,16-17,19-20H2,1-3H3/t21-,27+,29-,31+/m1/s1. The highest BCUT2D eigenvalue weighted by atomic mass is 127.